The third kappa shape index (κ3) is 4.32. The van der Waals surface area contributed by atoms with E-state index >= 15 is 0 Å². The van der Waals surface area contributed by atoms with Crippen molar-refractivity contribution in [2.75, 3.05) is 11.9 Å². The molecule has 3 aromatic carbocycles. The molecule has 6 rings (SSSR count). The number of fused-ring (bicyclic) bond motifs is 2. The molecule has 1 aliphatic rings. The van der Waals surface area contributed by atoms with Crippen LogP contribution in [0.15, 0.2) is 91.1 Å². The highest BCUT2D eigenvalue weighted by Crippen LogP contribution is 2.36. The van der Waals surface area contributed by atoms with Gasteiger partial charge in [0.25, 0.3) is 0 Å². The van der Waals surface area contributed by atoms with Crippen molar-refractivity contribution < 1.29 is 14.6 Å². The van der Waals surface area contributed by atoms with E-state index in [2.05, 4.69) is 34.6 Å². The van der Waals surface area contributed by atoms with E-state index in [1.165, 1.54) is 0 Å². The Morgan fingerprint density at radius 2 is 1.84 bits per heavy atom. The van der Waals surface area contributed by atoms with Gasteiger partial charge in [0.1, 0.15) is 11.9 Å². The number of ether oxygens (including phenoxy) is 1. The molecule has 7 nitrogen and oxygen atoms in total. The van der Waals surface area contributed by atoms with Crippen molar-refractivity contribution in [3.05, 3.63) is 96.7 Å². The minimum absolute atomic E-state index is 0.00337. The summed E-state index contributed by atoms with van der Waals surface area (Å²) >= 11 is 0. The zero-order chi connectivity index (χ0) is 25.4. The smallest absolute Gasteiger partial charge is 0.338 e. The van der Waals surface area contributed by atoms with Gasteiger partial charge in [-0.3, -0.25) is 0 Å². The topological polar surface area (TPSA) is 88.8 Å². The Morgan fingerprint density at radius 1 is 1.05 bits per heavy atom. The van der Waals surface area contributed by atoms with E-state index in [4.69, 9.17) is 9.84 Å². The van der Waals surface area contributed by atoms with Gasteiger partial charge in [-0.2, -0.15) is 9.61 Å². The van der Waals surface area contributed by atoms with Crippen molar-refractivity contribution in [1.29, 1.82) is 0 Å². The van der Waals surface area contributed by atoms with Crippen molar-refractivity contribution >= 4 is 28.2 Å². The first-order chi connectivity index (χ1) is 18.1. The number of nitrogens with one attached hydrogen (secondary N) is 1. The fourth-order valence-corrected chi connectivity index (χ4v) is 5.42. The van der Waals surface area contributed by atoms with E-state index in [0.717, 1.165) is 33.5 Å². The van der Waals surface area contributed by atoms with Crippen LogP contribution in [0.5, 0.6) is 0 Å². The van der Waals surface area contributed by atoms with Crippen LogP contribution in [0.1, 0.15) is 23.7 Å². The predicted octanol–water partition coefficient (Wildman–Crippen LogP) is 5.20. The quantitative estimate of drug-likeness (QED) is 0.317. The van der Waals surface area contributed by atoms with E-state index in [9.17, 15) is 9.90 Å². The summed E-state index contributed by atoms with van der Waals surface area (Å²) in [6.45, 7) is 2.07. The Balaban J connectivity index is 1.32. The van der Waals surface area contributed by atoms with Crippen LogP contribution >= 0.6 is 0 Å². The van der Waals surface area contributed by atoms with Crippen LogP contribution < -0.4 is 5.32 Å². The summed E-state index contributed by atoms with van der Waals surface area (Å²) in [5.74, 6) is 0.414. The number of rotatable bonds is 6. The molecule has 37 heavy (non-hydrogen) atoms. The molecule has 1 fully saturated rings. The number of aliphatic hydroxyl groups is 1. The molecular weight excluding hydrogens is 464 g/mol. The van der Waals surface area contributed by atoms with E-state index in [0.29, 0.717) is 12.0 Å². The summed E-state index contributed by atoms with van der Waals surface area (Å²) in [5.41, 5.74) is 3.10. The summed E-state index contributed by atoms with van der Waals surface area (Å²) in [6, 6.07) is 27.1. The number of aromatic nitrogens is 3. The number of benzene rings is 3. The van der Waals surface area contributed by atoms with E-state index in [-0.39, 0.29) is 30.5 Å². The SMILES string of the molecule is C[C@H]1C(OC(=O)c2ccccc2)[C@H](Nc2ccnc3cc(-c4cccc5ccccc45)nn23)C[C@@H]1CO. The highest BCUT2D eigenvalue weighted by molar-refractivity contribution is 5.96. The molecule has 2 heterocycles. The first kappa shape index (κ1) is 23.2. The Bertz CT molecular complexity index is 1560. The van der Waals surface area contributed by atoms with Gasteiger partial charge < -0.3 is 15.2 Å². The van der Waals surface area contributed by atoms with Crippen LogP contribution in [0.4, 0.5) is 5.82 Å². The first-order valence-electron chi connectivity index (χ1n) is 12.6. The molecule has 1 aliphatic carbocycles. The van der Waals surface area contributed by atoms with Crippen molar-refractivity contribution in [2.24, 2.45) is 11.8 Å². The Hall–Kier alpha value is -4.23. The summed E-state index contributed by atoms with van der Waals surface area (Å²) in [7, 11) is 0. The lowest BCUT2D eigenvalue weighted by Gasteiger charge is -2.25. The van der Waals surface area contributed by atoms with E-state index in [1.807, 2.05) is 55.5 Å². The summed E-state index contributed by atoms with van der Waals surface area (Å²) in [5, 5.41) is 20.7. The molecule has 0 radical (unpaired) electrons. The van der Waals surface area contributed by atoms with Crippen molar-refractivity contribution in [2.45, 2.75) is 25.5 Å². The maximum Gasteiger partial charge on any atom is 0.338 e. The molecule has 1 unspecified atom stereocenters. The second-order valence-electron chi connectivity index (χ2n) is 9.68. The lowest BCUT2D eigenvalue weighted by atomic mass is 9.98. The predicted molar refractivity (Wildman–Crippen MR) is 143 cm³/mol. The zero-order valence-electron chi connectivity index (χ0n) is 20.5. The number of anilines is 1. The highest BCUT2D eigenvalue weighted by atomic mass is 16.5. The molecular formula is C30H28N4O3. The standard InChI is InChI=1S/C30H28N4O3/c1-19-22(18-35)16-26(29(19)37-30(36)21-9-3-2-4-10-21)32-27-14-15-31-28-17-25(33-34(27)28)24-13-7-11-20-8-5-6-12-23(20)24/h2-15,17,19,22,26,29,32,35H,16,18H2,1H3/t19-,22-,26-,29?/m1/s1. The van der Waals surface area contributed by atoms with Gasteiger partial charge in [0.15, 0.2) is 5.65 Å². The van der Waals surface area contributed by atoms with Gasteiger partial charge in [0, 0.05) is 30.4 Å². The number of carbonyl (C=O) groups is 1. The van der Waals surface area contributed by atoms with Crippen molar-refractivity contribution in [3.63, 3.8) is 0 Å². The number of carbonyl (C=O) groups excluding carboxylic acids is 1. The Kier molecular flexibility index (Phi) is 6.06. The maximum atomic E-state index is 12.9. The van der Waals surface area contributed by atoms with Gasteiger partial charge in [-0.1, -0.05) is 67.6 Å². The Labute approximate surface area is 214 Å². The minimum Gasteiger partial charge on any atom is -0.456 e. The van der Waals surface area contributed by atoms with E-state index < -0.39 is 6.10 Å². The van der Waals surface area contributed by atoms with Gasteiger partial charge in [0.2, 0.25) is 0 Å². The van der Waals surface area contributed by atoms with Crippen LogP contribution in [-0.4, -0.2) is 44.4 Å². The van der Waals surface area contributed by atoms with Gasteiger partial charge >= 0.3 is 5.97 Å². The van der Waals surface area contributed by atoms with Gasteiger partial charge in [0.05, 0.1) is 17.3 Å². The maximum absolute atomic E-state index is 12.9. The molecule has 1 saturated carbocycles. The molecule has 7 heteroatoms. The van der Waals surface area contributed by atoms with Gasteiger partial charge in [-0.15, -0.1) is 0 Å². The average Bonchev–Trinajstić information content (AvgIpc) is 3.50. The lowest BCUT2D eigenvalue weighted by molar-refractivity contribution is 0.0154. The zero-order valence-corrected chi connectivity index (χ0v) is 20.5. The van der Waals surface area contributed by atoms with Crippen molar-refractivity contribution in [1.82, 2.24) is 14.6 Å². The number of hydrogen-bond acceptors (Lipinski definition) is 6. The number of aliphatic hydroxyl groups excluding tert-OH is 1. The van der Waals surface area contributed by atoms with Gasteiger partial charge in [-0.25, -0.2) is 9.78 Å². The third-order valence-electron chi connectivity index (χ3n) is 7.46. The molecule has 2 N–H and O–H groups in total. The molecule has 186 valence electrons. The Morgan fingerprint density at radius 3 is 2.68 bits per heavy atom. The molecule has 0 amide bonds. The molecule has 4 atom stereocenters. The fourth-order valence-electron chi connectivity index (χ4n) is 5.42. The highest BCUT2D eigenvalue weighted by Gasteiger charge is 2.43. The fraction of sp³-hybridized carbons (Fsp3) is 0.233. The van der Waals surface area contributed by atoms with Crippen LogP contribution in [0, 0.1) is 11.8 Å². The normalized spacial score (nSPS) is 21.4. The second kappa shape index (κ2) is 9.67. The molecule has 2 aromatic heterocycles. The molecule has 0 saturated heterocycles. The van der Waals surface area contributed by atoms with Crippen LogP contribution in [0.3, 0.4) is 0 Å². The summed E-state index contributed by atoms with van der Waals surface area (Å²) in [6.07, 6.45) is 2.02. The van der Waals surface area contributed by atoms with Crippen LogP contribution in [0.2, 0.25) is 0 Å². The average molecular weight is 493 g/mol. The second-order valence-corrected chi connectivity index (χ2v) is 9.68. The van der Waals surface area contributed by atoms with E-state index in [1.54, 1.807) is 22.8 Å². The number of hydrogen-bond donors (Lipinski definition) is 2. The molecule has 0 aliphatic heterocycles. The lowest BCUT2D eigenvalue weighted by Crippen LogP contribution is -2.36. The largest absolute Gasteiger partial charge is 0.456 e. The summed E-state index contributed by atoms with van der Waals surface area (Å²) in [4.78, 5) is 17.4. The third-order valence-corrected chi connectivity index (χ3v) is 7.46. The van der Waals surface area contributed by atoms with Crippen LogP contribution in [-0.2, 0) is 4.74 Å². The number of nitrogens with zero attached hydrogens (tertiary/aromatic N) is 3. The monoisotopic (exact) mass is 492 g/mol. The summed E-state index contributed by atoms with van der Waals surface area (Å²) < 4.78 is 7.80. The number of esters is 1. The van der Waals surface area contributed by atoms with Crippen LogP contribution in [0.25, 0.3) is 27.7 Å². The first-order valence-corrected chi connectivity index (χ1v) is 12.6. The molecule has 0 bridgehead atoms. The minimum atomic E-state index is -0.402. The molecule has 0 spiro atoms. The van der Waals surface area contributed by atoms with Gasteiger partial charge in [-0.05, 0) is 41.3 Å². The van der Waals surface area contributed by atoms with Crippen molar-refractivity contribution in [3.8, 4) is 11.3 Å². The molecule has 5 aromatic rings.